The van der Waals surface area contributed by atoms with Crippen molar-refractivity contribution < 1.29 is 14.7 Å². The van der Waals surface area contributed by atoms with Crippen molar-refractivity contribution in [3.63, 3.8) is 0 Å². The molecule has 2 aromatic heterocycles. The van der Waals surface area contributed by atoms with Crippen LogP contribution in [0.1, 0.15) is 28.6 Å². The highest BCUT2D eigenvalue weighted by Gasteiger charge is 2.44. The molecule has 24 heavy (non-hydrogen) atoms. The number of rotatable bonds is 2. The van der Waals surface area contributed by atoms with E-state index in [9.17, 15) is 14.7 Å². The van der Waals surface area contributed by atoms with Crippen LogP contribution in [-0.2, 0) is 16.6 Å². The average Bonchev–Trinajstić information content (AvgIpc) is 2.95. The number of likely N-dealkylation sites (tertiary alicyclic amines) is 1. The molecule has 1 fully saturated rings. The number of ketones is 1. The summed E-state index contributed by atoms with van der Waals surface area (Å²) in [6.45, 7) is 3.56. The molecular weight excluding hydrogens is 308 g/mol. The summed E-state index contributed by atoms with van der Waals surface area (Å²) in [5.74, 6) is -1.53. The van der Waals surface area contributed by atoms with E-state index in [1.54, 1.807) is 57.2 Å². The molecule has 1 saturated heterocycles. The van der Waals surface area contributed by atoms with Crippen LogP contribution < -0.4 is 0 Å². The van der Waals surface area contributed by atoms with Crippen LogP contribution in [0, 0.1) is 13.8 Å². The van der Waals surface area contributed by atoms with E-state index < -0.39 is 17.7 Å². The lowest BCUT2D eigenvalue weighted by atomic mass is 9.95. The van der Waals surface area contributed by atoms with Gasteiger partial charge >= 0.3 is 0 Å². The topological polar surface area (TPSA) is 88.3 Å². The summed E-state index contributed by atoms with van der Waals surface area (Å²) in [5.41, 5.74) is 2.60. The smallest absolute Gasteiger partial charge is 0.295 e. The maximum atomic E-state index is 12.5. The Morgan fingerprint density at radius 1 is 1.17 bits per heavy atom. The molecule has 1 amide bonds. The fourth-order valence-corrected chi connectivity index (χ4v) is 3.13. The van der Waals surface area contributed by atoms with Gasteiger partial charge in [0.1, 0.15) is 5.76 Å². The molecule has 3 heterocycles. The average molecular weight is 326 g/mol. The molecule has 0 bridgehead atoms. The molecule has 1 atom stereocenters. The van der Waals surface area contributed by atoms with Crippen LogP contribution in [0.25, 0.3) is 5.76 Å². The summed E-state index contributed by atoms with van der Waals surface area (Å²) in [6, 6.07) is 2.80. The van der Waals surface area contributed by atoms with Crippen LogP contribution in [-0.4, -0.2) is 43.5 Å². The third-order valence-electron chi connectivity index (χ3n) is 4.44. The number of amides is 1. The quantitative estimate of drug-likeness (QED) is 0.513. The SMILES string of the molecule is Cc1nn(C)c(C)c1/C(O)=C1\C(=O)C(=O)N(C)C1c1ccncc1. The Labute approximate surface area is 139 Å². The Morgan fingerprint density at radius 3 is 2.33 bits per heavy atom. The van der Waals surface area contributed by atoms with Crippen molar-refractivity contribution in [1.82, 2.24) is 19.7 Å². The zero-order valence-corrected chi connectivity index (χ0v) is 13.9. The van der Waals surface area contributed by atoms with Gasteiger partial charge in [-0.25, -0.2) is 0 Å². The van der Waals surface area contributed by atoms with E-state index in [-0.39, 0.29) is 11.3 Å². The first-order valence-corrected chi connectivity index (χ1v) is 7.49. The molecule has 0 aliphatic carbocycles. The highest BCUT2D eigenvalue weighted by molar-refractivity contribution is 6.46. The van der Waals surface area contributed by atoms with Crippen molar-refractivity contribution in [2.24, 2.45) is 7.05 Å². The number of Topliss-reactive ketones (excluding diaryl/α,β-unsaturated/α-hetero) is 1. The molecule has 3 rings (SSSR count). The highest BCUT2D eigenvalue weighted by Crippen LogP contribution is 2.39. The molecule has 2 aromatic rings. The number of carbonyl (C=O) groups is 2. The number of likely N-dealkylation sites (N-methyl/N-ethyl adjacent to an activating group) is 1. The van der Waals surface area contributed by atoms with Crippen LogP contribution in [0.5, 0.6) is 0 Å². The summed E-state index contributed by atoms with van der Waals surface area (Å²) in [6.07, 6.45) is 3.18. The van der Waals surface area contributed by atoms with Crippen molar-refractivity contribution in [1.29, 1.82) is 0 Å². The summed E-state index contributed by atoms with van der Waals surface area (Å²) in [4.78, 5) is 30.0. The lowest BCUT2D eigenvalue weighted by Crippen LogP contribution is -2.24. The van der Waals surface area contributed by atoms with Gasteiger partial charge in [-0.1, -0.05) is 0 Å². The third-order valence-corrected chi connectivity index (χ3v) is 4.44. The van der Waals surface area contributed by atoms with Crippen LogP contribution in [0.3, 0.4) is 0 Å². The molecule has 1 aliphatic heterocycles. The van der Waals surface area contributed by atoms with E-state index >= 15 is 0 Å². The number of aryl methyl sites for hydroxylation is 2. The Kier molecular flexibility index (Phi) is 3.71. The van der Waals surface area contributed by atoms with Crippen LogP contribution >= 0.6 is 0 Å². The second-order valence-corrected chi connectivity index (χ2v) is 5.86. The van der Waals surface area contributed by atoms with Crippen molar-refractivity contribution in [3.05, 3.63) is 52.6 Å². The van der Waals surface area contributed by atoms with E-state index in [4.69, 9.17) is 0 Å². The van der Waals surface area contributed by atoms with E-state index in [1.165, 1.54) is 4.90 Å². The summed E-state index contributed by atoms with van der Waals surface area (Å²) in [7, 11) is 3.31. The van der Waals surface area contributed by atoms with E-state index in [2.05, 4.69) is 10.1 Å². The highest BCUT2D eigenvalue weighted by atomic mass is 16.3. The first-order valence-electron chi connectivity index (χ1n) is 7.49. The Hall–Kier alpha value is -2.96. The van der Waals surface area contributed by atoms with Crippen molar-refractivity contribution in [2.45, 2.75) is 19.9 Å². The minimum absolute atomic E-state index is 0.0768. The minimum Gasteiger partial charge on any atom is -0.507 e. The zero-order chi connectivity index (χ0) is 17.6. The molecule has 7 nitrogen and oxygen atoms in total. The number of nitrogens with zero attached hydrogens (tertiary/aromatic N) is 4. The Morgan fingerprint density at radius 2 is 1.79 bits per heavy atom. The molecule has 1 aliphatic rings. The second kappa shape index (κ2) is 5.59. The standard InChI is InChI=1S/C17H18N4O3/c1-9-12(10(2)21(4)19-9)15(22)13-14(11-5-7-18-8-6-11)20(3)17(24)16(13)23/h5-8,14,22H,1-4H3/b15-13+. The summed E-state index contributed by atoms with van der Waals surface area (Å²) >= 11 is 0. The Balaban J connectivity index is 2.25. The van der Waals surface area contributed by atoms with Gasteiger partial charge in [0, 0.05) is 32.2 Å². The van der Waals surface area contributed by atoms with Gasteiger partial charge in [0.05, 0.1) is 22.9 Å². The number of aromatic nitrogens is 3. The predicted octanol–water partition coefficient (Wildman–Crippen LogP) is 1.48. The largest absolute Gasteiger partial charge is 0.507 e. The number of hydrogen-bond acceptors (Lipinski definition) is 5. The molecule has 0 saturated carbocycles. The van der Waals surface area contributed by atoms with Gasteiger partial charge in [0.25, 0.3) is 11.7 Å². The van der Waals surface area contributed by atoms with Gasteiger partial charge in [-0.05, 0) is 31.5 Å². The molecule has 1 unspecified atom stereocenters. The van der Waals surface area contributed by atoms with Gasteiger partial charge in [0.15, 0.2) is 0 Å². The van der Waals surface area contributed by atoms with Crippen LogP contribution in [0.2, 0.25) is 0 Å². The summed E-state index contributed by atoms with van der Waals surface area (Å²) in [5, 5.41) is 15.1. The molecule has 1 N–H and O–H groups in total. The van der Waals surface area contributed by atoms with Gasteiger partial charge in [0.2, 0.25) is 0 Å². The number of aliphatic hydroxyl groups is 1. The maximum absolute atomic E-state index is 12.5. The first kappa shape index (κ1) is 15.9. The summed E-state index contributed by atoms with van der Waals surface area (Å²) < 4.78 is 1.63. The zero-order valence-electron chi connectivity index (χ0n) is 13.9. The third kappa shape index (κ3) is 2.20. The molecular formula is C17H18N4O3. The van der Waals surface area contributed by atoms with Crippen molar-refractivity contribution in [3.8, 4) is 0 Å². The van der Waals surface area contributed by atoms with Crippen LogP contribution in [0.4, 0.5) is 0 Å². The van der Waals surface area contributed by atoms with E-state index in [1.807, 2.05) is 0 Å². The van der Waals surface area contributed by atoms with Gasteiger partial charge in [-0.2, -0.15) is 5.10 Å². The first-order chi connectivity index (χ1) is 11.3. The molecule has 0 spiro atoms. The normalized spacial score (nSPS) is 20.0. The molecule has 124 valence electrons. The Bertz CT molecular complexity index is 867. The number of aliphatic hydroxyl groups excluding tert-OH is 1. The van der Waals surface area contributed by atoms with Crippen molar-refractivity contribution >= 4 is 17.4 Å². The number of hydrogen-bond donors (Lipinski definition) is 1. The van der Waals surface area contributed by atoms with Gasteiger partial charge < -0.3 is 10.0 Å². The van der Waals surface area contributed by atoms with Gasteiger partial charge in [-0.3, -0.25) is 19.3 Å². The van der Waals surface area contributed by atoms with E-state index in [0.717, 1.165) is 5.69 Å². The van der Waals surface area contributed by atoms with E-state index in [0.29, 0.717) is 16.8 Å². The van der Waals surface area contributed by atoms with Crippen LogP contribution in [0.15, 0.2) is 30.1 Å². The minimum atomic E-state index is -0.695. The molecule has 7 heteroatoms. The number of carbonyl (C=O) groups excluding carboxylic acids is 2. The fourth-order valence-electron chi connectivity index (χ4n) is 3.13. The lowest BCUT2D eigenvalue weighted by molar-refractivity contribution is -0.139. The number of pyridine rings is 1. The monoisotopic (exact) mass is 326 g/mol. The predicted molar refractivity (Wildman–Crippen MR) is 87.0 cm³/mol. The van der Waals surface area contributed by atoms with Crippen molar-refractivity contribution in [2.75, 3.05) is 7.05 Å². The fraction of sp³-hybridized carbons (Fsp3) is 0.294. The maximum Gasteiger partial charge on any atom is 0.295 e. The lowest BCUT2D eigenvalue weighted by Gasteiger charge is -2.20. The van der Waals surface area contributed by atoms with Gasteiger partial charge in [-0.15, -0.1) is 0 Å². The second-order valence-electron chi connectivity index (χ2n) is 5.86. The molecule has 0 aromatic carbocycles. The molecule has 0 radical (unpaired) electrons.